The molecular formula is C24H24O7Se. The van der Waals surface area contributed by atoms with Crippen molar-refractivity contribution >= 4 is 41.9 Å². The quantitative estimate of drug-likeness (QED) is 0.195. The fourth-order valence-corrected chi connectivity index (χ4v) is 5.36. The van der Waals surface area contributed by atoms with Crippen LogP contribution in [0.25, 0.3) is 9.65 Å². The minimum absolute atomic E-state index is 0.359. The number of ketones is 1. The number of fused-ring (bicyclic) bond motifs is 1. The number of hydrogen-bond acceptors (Lipinski definition) is 6. The Morgan fingerprint density at radius 2 is 1.75 bits per heavy atom. The van der Waals surface area contributed by atoms with Crippen molar-refractivity contribution in [3.05, 3.63) is 58.5 Å². The number of carbonyl (C=O) groups excluding carboxylic acids is 2. The second kappa shape index (κ2) is 10.5. The molecule has 1 N–H and O–H groups in total. The zero-order chi connectivity index (χ0) is 23.3. The fraction of sp³-hybridized carbons (Fsp3) is 0.292. The monoisotopic (exact) mass is 504 g/mol. The van der Waals surface area contributed by atoms with Gasteiger partial charge in [0.2, 0.25) is 0 Å². The SMILES string of the molecule is COc1cc2[se]c(C(=O)C(CC(=O)O)C(=O)OC(C)C)cc2cc1OCc1ccccc1. The van der Waals surface area contributed by atoms with E-state index in [0.29, 0.717) is 22.5 Å². The van der Waals surface area contributed by atoms with E-state index in [9.17, 15) is 19.5 Å². The van der Waals surface area contributed by atoms with Crippen LogP contribution in [0.1, 0.15) is 35.1 Å². The molecule has 1 unspecified atom stereocenters. The van der Waals surface area contributed by atoms with Gasteiger partial charge in [-0.25, -0.2) is 0 Å². The van der Waals surface area contributed by atoms with E-state index < -0.39 is 50.7 Å². The molecule has 2 aromatic carbocycles. The Hall–Kier alpha value is -3.09. The van der Waals surface area contributed by atoms with Gasteiger partial charge >= 0.3 is 192 Å². The number of ether oxygens (including phenoxy) is 3. The molecule has 0 aliphatic carbocycles. The number of carbonyl (C=O) groups is 3. The summed E-state index contributed by atoms with van der Waals surface area (Å²) in [5, 5.41) is 9.98. The molecule has 0 saturated heterocycles. The first-order valence-corrected chi connectivity index (χ1v) is 11.7. The molecule has 1 atom stereocenters. The third-order valence-corrected chi connectivity index (χ3v) is 6.95. The molecule has 168 valence electrons. The summed E-state index contributed by atoms with van der Waals surface area (Å²) in [6.07, 6.45) is -1.05. The molecule has 3 aromatic rings. The summed E-state index contributed by atoms with van der Waals surface area (Å²) < 4.78 is 17.8. The van der Waals surface area contributed by atoms with Gasteiger partial charge in [-0.3, -0.25) is 0 Å². The van der Waals surface area contributed by atoms with Crippen LogP contribution in [0, 0.1) is 5.92 Å². The Morgan fingerprint density at radius 3 is 2.38 bits per heavy atom. The van der Waals surface area contributed by atoms with Gasteiger partial charge < -0.3 is 0 Å². The second-order valence-electron chi connectivity index (χ2n) is 7.43. The van der Waals surface area contributed by atoms with Gasteiger partial charge in [-0.15, -0.1) is 0 Å². The molecular weight excluding hydrogens is 479 g/mol. The third-order valence-electron chi connectivity index (χ3n) is 4.61. The Bertz CT molecular complexity index is 1120. The molecule has 7 nitrogen and oxygen atoms in total. The van der Waals surface area contributed by atoms with Crippen LogP contribution in [0.15, 0.2) is 48.5 Å². The van der Waals surface area contributed by atoms with E-state index in [4.69, 9.17) is 14.2 Å². The first-order chi connectivity index (χ1) is 15.3. The van der Waals surface area contributed by atoms with Crippen LogP contribution in [-0.2, 0) is 20.9 Å². The zero-order valence-corrected chi connectivity index (χ0v) is 19.7. The van der Waals surface area contributed by atoms with Crippen molar-refractivity contribution in [3.8, 4) is 11.5 Å². The fourth-order valence-electron chi connectivity index (χ4n) is 3.12. The van der Waals surface area contributed by atoms with E-state index in [1.165, 1.54) is 0 Å². The molecule has 0 spiro atoms. The van der Waals surface area contributed by atoms with Gasteiger partial charge in [-0.1, -0.05) is 0 Å². The summed E-state index contributed by atoms with van der Waals surface area (Å²) in [4.78, 5) is 36.7. The molecule has 1 aromatic heterocycles. The van der Waals surface area contributed by atoms with Gasteiger partial charge in [-0.05, 0) is 0 Å². The van der Waals surface area contributed by atoms with E-state index in [-0.39, 0.29) is 0 Å². The van der Waals surface area contributed by atoms with Gasteiger partial charge in [-0.2, -0.15) is 0 Å². The van der Waals surface area contributed by atoms with E-state index in [1.807, 2.05) is 36.4 Å². The standard InChI is InChI=1S/C24H24O7Se/c1-14(2)31-24(28)17(11-22(25)26)23(27)21-10-16-9-19(18(29-3)12-20(16)32-21)30-13-15-7-5-4-6-8-15/h4-10,12,14,17H,11,13H2,1-3H3,(H,25,26). The van der Waals surface area contributed by atoms with Crippen LogP contribution in [0.2, 0.25) is 0 Å². The summed E-state index contributed by atoms with van der Waals surface area (Å²) in [5.74, 6) is -2.84. The molecule has 0 radical (unpaired) electrons. The summed E-state index contributed by atoms with van der Waals surface area (Å²) in [7, 11) is 1.54. The van der Waals surface area contributed by atoms with Crippen LogP contribution in [0.3, 0.4) is 0 Å². The number of benzene rings is 2. The van der Waals surface area contributed by atoms with Crippen LogP contribution in [0.5, 0.6) is 11.5 Å². The molecule has 0 saturated carbocycles. The molecule has 0 bridgehead atoms. The first-order valence-electron chi connectivity index (χ1n) is 10.0. The van der Waals surface area contributed by atoms with E-state index >= 15 is 0 Å². The van der Waals surface area contributed by atoms with Crippen LogP contribution < -0.4 is 9.47 Å². The van der Waals surface area contributed by atoms with Crippen molar-refractivity contribution in [1.29, 1.82) is 0 Å². The van der Waals surface area contributed by atoms with E-state index in [1.54, 1.807) is 33.1 Å². The molecule has 0 fully saturated rings. The molecule has 0 amide bonds. The molecule has 8 heteroatoms. The van der Waals surface area contributed by atoms with Gasteiger partial charge in [0.1, 0.15) is 0 Å². The van der Waals surface area contributed by atoms with Crippen LogP contribution >= 0.6 is 0 Å². The van der Waals surface area contributed by atoms with E-state index in [2.05, 4.69) is 0 Å². The molecule has 3 rings (SSSR count). The predicted molar refractivity (Wildman–Crippen MR) is 120 cm³/mol. The van der Waals surface area contributed by atoms with Crippen molar-refractivity contribution in [2.75, 3.05) is 7.11 Å². The number of hydrogen-bond donors (Lipinski definition) is 1. The van der Waals surface area contributed by atoms with Crippen LogP contribution in [0.4, 0.5) is 0 Å². The van der Waals surface area contributed by atoms with Gasteiger partial charge in [0.15, 0.2) is 0 Å². The van der Waals surface area contributed by atoms with E-state index in [0.717, 1.165) is 15.2 Å². The number of rotatable bonds is 10. The molecule has 0 aliphatic rings. The summed E-state index contributed by atoms with van der Waals surface area (Å²) in [6.45, 7) is 3.66. The Labute approximate surface area is 191 Å². The van der Waals surface area contributed by atoms with Crippen molar-refractivity contribution < 1.29 is 33.7 Å². The number of carboxylic acid groups (broad SMARTS) is 1. The Kier molecular flexibility index (Phi) is 7.72. The van der Waals surface area contributed by atoms with Crippen molar-refractivity contribution in [2.45, 2.75) is 33.0 Å². The van der Waals surface area contributed by atoms with Gasteiger partial charge in [0, 0.05) is 0 Å². The number of aliphatic carboxylic acids is 1. The number of Topliss-reactive ketones (excluding diaryl/α,β-unsaturated/α-hetero) is 1. The average Bonchev–Trinajstić information content (AvgIpc) is 3.17. The van der Waals surface area contributed by atoms with Crippen LogP contribution in [-0.4, -0.2) is 50.5 Å². The first kappa shape index (κ1) is 23.6. The summed E-state index contributed by atoms with van der Waals surface area (Å²) in [6, 6.07) is 15.0. The van der Waals surface area contributed by atoms with Gasteiger partial charge in [0.25, 0.3) is 0 Å². The topological polar surface area (TPSA) is 99.1 Å². The summed E-state index contributed by atoms with van der Waals surface area (Å²) in [5.41, 5.74) is 1.01. The number of methoxy groups -OCH3 is 1. The Balaban J connectivity index is 1.89. The normalized spacial score (nSPS) is 11.9. The van der Waals surface area contributed by atoms with Crippen molar-refractivity contribution in [2.24, 2.45) is 5.92 Å². The maximum atomic E-state index is 13.0. The third kappa shape index (κ3) is 5.78. The maximum absolute atomic E-state index is 13.0. The van der Waals surface area contributed by atoms with Gasteiger partial charge in [0.05, 0.1) is 0 Å². The Morgan fingerprint density at radius 1 is 1.03 bits per heavy atom. The number of carboxylic acids is 1. The zero-order valence-electron chi connectivity index (χ0n) is 18.0. The molecule has 0 aliphatic heterocycles. The minimum atomic E-state index is -1.37. The predicted octanol–water partition coefficient (Wildman–Crippen LogP) is 3.71. The van der Waals surface area contributed by atoms with Crippen molar-refractivity contribution in [1.82, 2.24) is 0 Å². The summed E-state index contributed by atoms with van der Waals surface area (Å²) >= 11 is -0.396. The number of esters is 1. The second-order valence-corrected chi connectivity index (χ2v) is 9.70. The average molecular weight is 503 g/mol. The van der Waals surface area contributed by atoms with Crippen molar-refractivity contribution in [3.63, 3.8) is 0 Å². The molecule has 1 heterocycles. The molecule has 32 heavy (non-hydrogen) atoms.